The van der Waals surface area contributed by atoms with Crippen LogP contribution in [0.1, 0.15) is 23.9 Å². The third kappa shape index (κ3) is 2.83. The Bertz CT molecular complexity index is 257. The number of halogens is 1. The van der Waals surface area contributed by atoms with Gasteiger partial charge in [-0.3, -0.25) is 0 Å². The van der Waals surface area contributed by atoms with Gasteiger partial charge >= 0.3 is 0 Å². The molecule has 1 heterocycles. The molecule has 0 aliphatic rings. The van der Waals surface area contributed by atoms with Gasteiger partial charge in [-0.2, -0.15) is 0 Å². The van der Waals surface area contributed by atoms with Gasteiger partial charge in [0.05, 0.1) is 0 Å². The molecule has 0 saturated carbocycles. The van der Waals surface area contributed by atoms with Crippen LogP contribution < -0.4 is 0 Å². The van der Waals surface area contributed by atoms with Gasteiger partial charge in [0.15, 0.2) is 0 Å². The zero-order valence-electron chi connectivity index (χ0n) is 7.59. The molecule has 0 spiro atoms. The van der Waals surface area contributed by atoms with Gasteiger partial charge in [-0.1, -0.05) is 29.8 Å². The molecule has 0 bridgehead atoms. The van der Waals surface area contributed by atoms with E-state index in [4.69, 9.17) is 0 Å². The molecule has 0 atom stereocenters. The van der Waals surface area contributed by atoms with Crippen LogP contribution in [0.25, 0.3) is 0 Å². The van der Waals surface area contributed by atoms with Crippen molar-refractivity contribution in [3.63, 3.8) is 0 Å². The zero-order chi connectivity index (χ0) is 9.19. The molecule has 1 aromatic heterocycles. The lowest BCUT2D eigenvalue weighted by atomic mass is 9.93. The van der Waals surface area contributed by atoms with Crippen LogP contribution in [0.2, 0.25) is 0 Å². The second kappa shape index (κ2) is 3.83. The lowest BCUT2D eigenvalue weighted by molar-refractivity contribution is 0.422. The van der Waals surface area contributed by atoms with E-state index in [0.717, 1.165) is 21.8 Å². The van der Waals surface area contributed by atoms with Crippen LogP contribution in [0.4, 0.5) is 0 Å². The van der Waals surface area contributed by atoms with Gasteiger partial charge in [0.1, 0.15) is 10.0 Å². The first-order valence-electron chi connectivity index (χ1n) is 3.88. The Morgan fingerprint density at radius 2 is 2.08 bits per heavy atom. The maximum Gasteiger partial charge on any atom is 0.118 e. The fraction of sp³-hybridized carbons (Fsp3) is 0.750. The Kier molecular flexibility index (Phi) is 3.23. The minimum absolute atomic E-state index is 0.284. The van der Waals surface area contributed by atoms with Crippen LogP contribution in [0.15, 0.2) is 0 Å². The fourth-order valence-corrected chi connectivity index (χ4v) is 2.03. The minimum Gasteiger partial charge on any atom is -0.144 e. The molecule has 0 amide bonds. The second-order valence-electron chi connectivity index (χ2n) is 3.69. The maximum atomic E-state index is 4.10. The van der Waals surface area contributed by atoms with Crippen LogP contribution in [-0.4, -0.2) is 15.5 Å². The maximum absolute atomic E-state index is 4.10. The Morgan fingerprint density at radius 1 is 1.42 bits per heavy atom. The second-order valence-corrected chi connectivity index (χ2v) is 5.52. The van der Waals surface area contributed by atoms with Crippen molar-refractivity contribution in [1.82, 2.24) is 10.2 Å². The van der Waals surface area contributed by atoms with E-state index in [9.17, 15) is 0 Å². The molecule has 0 radical (unpaired) electrons. The summed E-state index contributed by atoms with van der Waals surface area (Å²) in [6.45, 7) is 6.43. The number of aryl methyl sites for hydroxylation is 1. The largest absolute Gasteiger partial charge is 0.144 e. The molecule has 1 aromatic rings. The van der Waals surface area contributed by atoms with Gasteiger partial charge in [-0.05, 0) is 12.3 Å². The molecule has 0 aliphatic heterocycles. The molecule has 0 fully saturated rings. The predicted octanol–water partition coefficient (Wildman–Crippen LogP) is 2.81. The molecular weight excluding hydrogens is 236 g/mol. The van der Waals surface area contributed by atoms with E-state index in [1.807, 2.05) is 6.92 Å². The molecule has 1 rings (SSSR count). The molecule has 0 aliphatic carbocycles. The normalized spacial score (nSPS) is 12.0. The summed E-state index contributed by atoms with van der Waals surface area (Å²) in [4.78, 5) is 0. The number of hydrogen-bond donors (Lipinski definition) is 0. The van der Waals surface area contributed by atoms with E-state index >= 15 is 0 Å². The fourth-order valence-electron chi connectivity index (χ4n) is 0.866. The first-order valence-corrected chi connectivity index (χ1v) is 5.82. The third-order valence-electron chi connectivity index (χ3n) is 1.56. The highest BCUT2D eigenvalue weighted by Crippen LogP contribution is 2.25. The first-order chi connectivity index (χ1) is 5.53. The Labute approximate surface area is 85.5 Å². The molecule has 0 N–H and O–H groups in total. The smallest absolute Gasteiger partial charge is 0.118 e. The molecule has 2 nitrogen and oxygen atoms in total. The van der Waals surface area contributed by atoms with Crippen LogP contribution in [-0.2, 0) is 6.42 Å². The Balaban J connectivity index is 2.63. The van der Waals surface area contributed by atoms with E-state index in [1.165, 1.54) is 0 Å². The summed E-state index contributed by atoms with van der Waals surface area (Å²) in [6.07, 6.45) is 1.00. The Hall–Kier alpha value is 0.0400. The van der Waals surface area contributed by atoms with Gasteiger partial charge in [0.2, 0.25) is 0 Å². The highest BCUT2D eigenvalue weighted by molar-refractivity contribution is 9.09. The van der Waals surface area contributed by atoms with E-state index in [1.54, 1.807) is 11.3 Å². The SMILES string of the molecule is Cc1nnc(CC(C)(C)CBr)s1. The lowest BCUT2D eigenvalue weighted by Crippen LogP contribution is -2.16. The Morgan fingerprint density at radius 3 is 2.50 bits per heavy atom. The molecular formula is C8H13BrN2S. The monoisotopic (exact) mass is 248 g/mol. The molecule has 12 heavy (non-hydrogen) atoms. The third-order valence-corrected chi connectivity index (χ3v) is 3.92. The van der Waals surface area contributed by atoms with E-state index in [-0.39, 0.29) is 5.41 Å². The van der Waals surface area contributed by atoms with Gasteiger partial charge < -0.3 is 0 Å². The molecule has 68 valence electrons. The van der Waals surface area contributed by atoms with E-state index in [0.29, 0.717) is 0 Å². The predicted molar refractivity (Wildman–Crippen MR) is 55.9 cm³/mol. The van der Waals surface area contributed by atoms with Crippen molar-refractivity contribution < 1.29 is 0 Å². The van der Waals surface area contributed by atoms with Crippen LogP contribution >= 0.6 is 27.3 Å². The number of aromatic nitrogens is 2. The van der Waals surface area contributed by atoms with Crippen molar-refractivity contribution in [1.29, 1.82) is 0 Å². The van der Waals surface area contributed by atoms with Crippen molar-refractivity contribution in [2.75, 3.05) is 5.33 Å². The number of rotatable bonds is 3. The average Bonchev–Trinajstić information content (AvgIpc) is 2.35. The van der Waals surface area contributed by atoms with Gasteiger partial charge in [0, 0.05) is 11.8 Å². The standard InChI is InChI=1S/C8H13BrN2S/c1-6-10-11-7(12-6)4-8(2,3)5-9/h4-5H2,1-3H3. The van der Waals surface area contributed by atoms with Crippen molar-refractivity contribution in [3.8, 4) is 0 Å². The highest BCUT2D eigenvalue weighted by atomic mass is 79.9. The minimum atomic E-state index is 0.284. The summed E-state index contributed by atoms with van der Waals surface area (Å²) in [6, 6.07) is 0. The summed E-state index contributed by atoms with van der Waals surface area (Å²) >= 11 is 5.18. The van der Waals surface area contributed by atoms with Gasteiger partial charge in [-0.15, -0.1) is 21.5 Å². The van der Waals surface area contributed by atoms with Crippen molar-refractivity contribution >= 4 is 27.3 Å². The zero-order valence-corrected chi connectivity index (χ0v) is 10.00. The summed E-state index contributed by atoms with van der Waals surface area (Å²) in [5.41, 5.74) is 0.284. The lowest BCUT2D eigenvalue weighted by Gasteiger charge is -2.18. The van der Waals surface area contributed by atoms with Crippen LogP contribution in [0.3, 0.4) is 0 Å². The summed E-state index contributed by atoms with van der Waals surface area (Å²) in [5.74, 6) is 0. The summed E-state index contributed by atoms with van der Waals surface area (Å²) in [7, 11) is 0. The van der Waals surface area contributed by atoms with Gasteiger partial charge in [-0.25, -0.2) is 0 Å². The van der Waals surface area contributed by atoms with Crippen molar-refractivity contribution in [2.45, 2.75) is 27.2 Å². The topological polar surface area (TPSA) is 25.8 Å². The van der Waals surface area contributed by atoms with Crippen LogP contribution in [0.5, 0.6) is 0 Å². The summed E-state index contributed by atoms with van der Waals surface area (Å²) < 4.78 is 0. The van der Waals surface area contributed by atoms with E-state index < -0.39 is 0 Å². The average molecular weight is 249 g/mol. The molecule has 0 saturated heterocycles. The number of nitrogens with zero attached hydrogens (tertiary/aromatic N) is 2. The number of hydrogen-bond acceptors (Lipinski definition) is 3. The summed E-state index contributed by atoms with van der Waals surface area (Å²) in [5, 5.41) is 11.3. The van der Waals surface area contributed by atoms with E-state index in [2.05, 4.69) is 40.0 Å². The van der Waals surface area contributed by atoms with Gasteiger partial charge in [0.25, 0.3) is 0 Å². The number of alkyl halides is 1. The molecule has 4 heteroatoms. The molecule has 0 unspecified atom stereocenters. The highest BCUT2D eigenvalue weighted by Gasteiger charge is 2.18. The quantitative estimate of drug-likeness (QED) is 0.770. The first kappa shape index (κ1) is 10.1. The van der Waals surface area contributed by atoms with Crippen molar-refractivity contribution in [2.24, 2.45) is 5.41 Å². The van der Waals surface area contributed by atoms with Crippen molar-refractivity contribution in [3.05, 3.63) is 10.0 Å². The molecule has 0 aromatic carbocycles. The van der Waals surface area contributed by atoms with Crippen LogP contribution in [0, 0.1) is 12.3 Å².